The highest BCUT2D eigenvalue weighted by atomic mass is 32.2. The van der Waals surface area contributed by atoms with Gasteiger partial charge in [-0.2, -0.15) is 0 Å². The molecular formula is C22H26N2O4S2. The minimum atomic E-state index is -3.61. The van der Waals surface area contributed by atoms with E-state index in [1.165, 1.54) is 6.07 Å². The number of fused-ring (bicyclic) bond motifs is 1. The molecule has 1 N–H and O–H groups in total. The molecule has 0 fully saturated rings. The fourth-order valence-corrected chi connectivity index (χ4v) is 5.37. The van der Waals surface area contributed by atoms with E-state index in [1.807, 2.05) is 38.3 Å². The number of hydrogen-bond acceptors (Lipinski definition) is 5. The van der Waals surface area contributed by atoms with Crippen molar-refractivity contribution in [2.45, 2.75) is 48.9 Å². The minimum absolute atomic E-state index is 0.00762. The van der Waals surface area contributed by atoms with Crippen LogP contribution in [-0.2, 0) is 25.8 Å². The summed E-state index contributed by atoms with van der Waals surface area (Å²) in [6.07, 6.45) is 2.84. The fourth-order valence-electron chi connectivity index (χ4n) is 3.62. The first-order valence-corrected chi connectivity index (χ1v) is 12.7. The number of hydrogen-bond donors (Lipinski definition) is 1. The number of carbonyl (C=O) groups excluding carboxylic acids is 2. The molecule has 0 aromatic heterocycles. The summed E-state index contributed by atoms with van der Waals surface area (Å²) in [6.45, 7) is 3.77. The zero-order chi connectivity index (χ0) is 21.9. The molecule has 0 spiro atoms. The number of rotatable bonds is 7. The van der Waals surface area contributed by atoms with Gasteiger partial charge in [-0.15, -0.1) is 11.8 Å². The number of anilines is 2. The maximum atomic E-state index is 12.8. The van der Waals surface area contributed by atoms with Gasteiger partial charge in [0.1, 0.15) is 0 Å². The Morgan fingerprint density at radius 1 is 1.20 bits per heavy atom. The van der Waals surface area contributed by atoms with Gasteiger partial charge in [0, 0.05) is 35.2 Å². The van der Waals surface area contributed by atoms with Crippen LogP contribution in [0.2, 0.25) is 0 Å². The molecule has 0 saturated heterocycles. The van der Waals surface area contributed by atoms with Gasteiger partial charge >= 0.3 is 0 Å². The lowest BCUT2D eigenvalue weighted by Gasteiger charge is -2.22. The Morgan fingerprint density at radius 3 is 2.67 bits per heavy atom. The van der Waals surface area contributed by atoms with Crippen molar-refractivity contribution in [1.29, 1.82) is 0 Å². The highest BCUT2D eigenvalue weighted by molar-refractivity contribution is 7.98. The number of nitrogens with one attached hydrogen (secondary N) is 1. The summed E-state index contributed by atoms with van der Waals surface area (Å²) < 4.78 is 25.6. The molecule has 1 aliphatic heterocycles. The third-order valence-corrected chi connectivity index (χ3v) is 7.59. The van der Waals surface area contributed by atoms with Gasteiger partial charge in [-0.3, -0.25) is 9.59 Å². The Hall–Kier alpha value is -2.32. The molecule has 1 atom stereocenters. The number of benzene rings is 2. The minimum Gasteiger partial charge on any atom is -0.326 e. The first-order chi connectivity index (χ1) is 14.2. The van der Waals surface area contributed by atoms with Gasteiger partial charge < -0.3 is 10.2 Å². The molecule has 1 heterocycles. The Bertz CT molecular complexity index is 1070. The van der Waals surface area contributed by atoms with Crippen molar-refractivity contribution in [2.24, 2.45) is 0 Å². The number of thioether (sulfide) groups is 1. The van der Waals surface area contributed by atoms with Crippen LogP contribution in [0.4, 0.5) is 11.4 Å². The van der Waals surface area contributed by atoms with Gasteiger partial charge in [0.05, 0.1) is 10.6 Å². The largest absolute Gasteiger partial charge is 0.326 e. The first kappa shape index (κ1) is 22.4. The Morgan fingerprint density at radius 2 is 1.97 bits per heavy atom. The van der Waals surface area contributed by atoms with E-state index in [1.54, 1.807) is 34.9 Å². The quantitative estimate of drug-likeness (QED) is 0.652. The van der Waals surface area contributed by atoms with Crippen LogP contribution in [0.5, 0.6) is 0 Å². The molecule has 8 heteroatoms. The third-order valence-electron chi connectivity index (χ3n) is 5.15. The Balaban J connectivity index is 1.68. The summed E-state index contributed by atoms with van der Waals surface area (Å²) in [5.74, 6) is -0.585. The molecule has 0 unspecified atom stereocenters. The maximum absolute atomic E-state index is 12.8. The lowest BCUT2D eigenvalue weighted by atomic mass is 10.1. The van der Waals surface area contributed by atoms with Crippen molar-refractivity contribution in [3.63, 3.8) is 0 Å². The van der Waals surface area contributed by atoms with Crippen molar-refractivity contribution in [1.82, 2.24) is 0 Å². The molecule has 6 nitrogen and oxygen atoms in total. The monoisotopic (exact) mass is 446 g/mol. The molecule has 30 heavy (non-hydrogen) atoms. The zero-order valence-corrected chi connectivity index (χ0v) is 19.0. The molecular weight excluding hydrogens is 420 g/mol. The Labute approximate surface area is 182 Å². The fraction of sp³-hybridized carbons (Fsp3) is 0.364. The van der Waals surface area contributed by atoms with Crippen LogP contribution in [0.3, 0.4) is 0 Å². The number of sulfone groups is 1. The average Bonchev–Trinajstić information content (AvgIpc) is 3.06. The smallest absolute Gasteiger partial charge is 0.226 e. The van der Waals surface area contributed by atoms with Gasteiger partial charge in [0.2, 0.25) is 11.8 Å². The van der Waals surface area contributed by atoms with Crippen LogP contribution < -0.4 is 10.2 Å². The van der Waals surface area contributed by atoms with Crippen molar-refractivity contribution in [3.05, 3.63) is 48.0 Å². The number of nitrogens with zero attached hydrogens (tertiary/aromatic N) is 1. The molecule has 160 valence electrons. The molecule has 3 rings (SSSR count). The van der Waals surface area contributed by atoms with Gasteiger partial charge in [0.25, 0.3) is 0 Å². The second-order valence-electron chi connectivity index (χ2n) is 7.31. The second kappa shape index (κ2) is 9.22. The SMILES string of the molecule is CCC(=O)N1c2ccc(S(=O)(=O)CCC(=O)Nc3cccc(SC)c3)cc2C[C@H]1C. The van der Waals surface area contributed by atoms with E-state index in [4.69, 9.17) is 0 Å². The number of carbonyl (C=O) groups is 2. The van der Waals surface area contributed by atoms with E-state index in [0.717, 1.165) is 16.1 Å². The van der Waals surface area contributed by atoms with Crippen molar-refractivity contribution >= 4 is 44.8 Å². The summed E-state index contributed by atoms with van der Waals surface area (Å²) in [5.41, 5.74) is 2.28. The summed E-state index contributed by atoms with van der Waals surface area (Å²) in [7, 11) is -3.61. The van der Waals surface area contributed by atoms with Gasteiger partial charge in [-0.05, 0) is 61.6 Å². The predicted octanol–water partition coefficient (Wildman–Crippen LogP) is 3.90. The highest BCUT2D eigenvalue weighted by Gasteiger charge is 2.31. The second-order valence-corrected chi connectivity index (χ2v) is 10.3. The molecule has 1 aliphatic rings. The standard InChI is InChI=1S/C22H26N2O4S2/c1-4-22(26)24-15(2)12-16-13-19(8-9-20(16)24)30(27,28)11-10-21(25)23-17-6-5-7-18(14-17)29-3/h5-9,13-15H,4,10-12H2,1-3H3,(H,23,25)/t15-/m1/s1. The normalized spacial score (nSPS) is 15.7. The van der Waals surface area contributed by atoms with E-state index in [-0.39, 0.29) is 34.9 Å². The molecule has 0 radical (unpaired) electrons. The molecule has 2 aromatic carbocycles. The van der Waals surface area contributed by atoms with E-state index in [2.05, 4.69) is 5.32 Å². The topological polar surface area (TPSA) is 83.6 Å². The molecule has 2 aromatic rings. The Kier molecular flexibility index (Phi) is 6.88. The molecule has 0 saturated carbocycles. The van der Waals surface area contributed by atoms with E-state index >= 15 is 0 Å². The third kappa shape index (κ3) is 4.87. The van der Waals surface area contributed by atoms with Crippen LogP contribution in [0, 0.1) is 0 Å². The van der Waals surface area contributed by atoms with Gasteiger partial charge in [-0.1, -0.05) is 13.0 Å². The van der Waals surface area contributed by atoms with Crippen LogP contribution in [0.15, 0.2) is 52.3 Å². The van der Waals surface area contributed by atoms with Crippen molar-refractivity contribution in [2.75, 3.05) is 22.2 Å². The van der Waals surface area contributed by atoms with Gasteiger partial charge in [0.15, 0.2) is 9.84 Å². The van der Waals surface area contributed by atoms with Crippen molar-refractivity contribution in [3.8, 4) is 0 Å². The first-order valence-electron chi connectivity index (χ1n) is 9.86. The maximum Gasteiger partial charge on any atom is 0.226 e. The van der Waals surface area contributed by atoms with E-state index < -0.39 is 9.84 Å². The lowest BCUT2D eigenvalue weighted by molar-refractivity contribution is -0.118. The molecule has 0 bridgehead atoms. The summed E-state index contributed by atoms with van der Waals surface area (Å²) in [6, 6.07) is 12.3. The summed E-state index contributed by atoms with van der Waals surface area (Å²) >= 11 is 1.57. The molecule has 0 aliphatic carbocycles. The summed E-state index contributed by atoms with van der Waals surface area (Å²) in [5, 5.41) is 2.75. The van der Waals surface area contributed by atoms with E-state index in [0.29, 0.717) is 18.5 Å². The average molecular weight is 447 g/mol. The lowest BCUT2D eigenvalue weighted by Crippen LogP contribution is -2.35. The summed E-state index contributed by atoms with van der Waals surface area (Å²) in [4.78, 5) is 27.4. The van der Waals surface area contributed by atoms with Crippen LogP contribution in [0.25, 0.3) is 0 Å². The molecule has 2 amide bonds. The van der Waals surface area contributed by atoms with Crippen LogP contribution >= 0.6 is 11.8 Å². The van der Waals surface area contributed by atoms with Crippen LogP contribution in [0.1, 0.15) is 32.3 Å². The van der Waals surface area contributed by atoms with E-state index in [9.17, 15) is 18.0 Å². The van der Waals surface area contributed by atoms with Crippen molar-refractivity contribution < 1.29 is 18.0 Å². The zero-order valence-electron chi connectivity index (χ0n) is 17.3. The highest BCUT2D eigenvalue weighted by Crippen LogP contribution is 2.34. The predicted molar refractivity (Wildman–Crippen MR) is 121 cm³/mol. The van der Waals surface area contributed by atoms with Gasteiger partial charge in [-0.25, -0.2) is 8.42 Å². The number of amides is 2. The van der Waals surface area contributed by atoms with Crippen LogP contribution in [-0.4, -0.2) is 38.3 Å².